The molecular weight excluding hydrogens is 422 g/mol. The van der Waals surface area contributed by atoms with Crippen molar-refractivity contribution in [2.24, 2.45) is 5.92 Å². The van der Waals surface area contributed by atoms with E-state index < -0.39 is 0 Å². The van der Waals surface area contributed by atoms with E-state index in [4.69, 9.17) is 4.74 Å². The molecule has 4 aromatic rings. The second-order valence-corrected chi connectivity index (χ2v) is 8.98. The van der Waals surface area contributed by atoms with Gasteiger partial charge < -0.3 is 10.1 Å². The van der Waals surface area contributed by atoms with E-state index in [0.29, 0.717) is 10.2 Å². The van der Waals surface area contributed by atoms with Crippen LogP contribution in [0.1, 0.15) is 25.5 Å². The average molecular weight is 448 g/mol. The number of nitrogens with zero attached hydrogens (tertiary/aromatic N) is 2. The third kappa shape index (κ3) is 4.57. The number of rotatable bonds is 7. The van der Waals surface area contributed by atoms with Crippen LogP contribution >= 0.6 is 11.3 Å². The van der Waals surface area contributed by atoms with Crippen molar-refractivity contribution in [2.75, 3.05) is 7.11 Å². The predicted molar refractivity (Wildman–Crippen MR) is 128 cm³/mol. The van der Waals surface area contributed by atoms with Crippen LogP contribution in [-0.2, 0) is 11.3 Å². The first kappa shape index (κ1) is 21.8. The highest BCUT2D eigenvalue weighted by Gasteiger charge is 2.19. The van der Waals surface area contributed by atoms with Crippen molar-refractivity contribution < 1.29 is 9.53 Å². The summed E-state index contributed by atoms with van der Waals surface area (Å²) in [6.45, 7) is 4.04. The SMILES string of the molecule is COc1ccc(-c2cc3ncn(CC(=O)N[C@H](c4ccccc4)C(C)C)c(=O)c3s2)cc1. The molecule has 0 aliphatic heterocycles. The topological polar surface area (TPSA) is 73.2 Å². The first-order chi connectivity index (χ1) is 15.5. The number of amides is 1. The van der Waals surface area contributed by atoms with Crippen LogP contribution in [-0.4, -0.2) is 22.6 Å². The second-order valence-electron chi connectivity index (χ2n) is 7.93. The Hall–Kier alpha value is -3.45. The van der Waals surface area contributed by atoms with Gasteiger partial charge in [0.25, 0.3) is 5.56 Å². The van der Waals surface area contributed by atoms with E-state index in [-0.39, 0.29) is 30.0 Å². The summed E-state index contributed by atoms with van der Waals surface area (Å²) in [6.07, 6.45) is 1.45. The van der Waals surface area contributed by atoms with Gasteiger partial charge in [0.1, 0.15) is 17.0 Å². The van der Waals surface area contributed by atoms with Crippen molar-refractivity contribution in [1.82, 2.24) is 14.9 Å². The zero-order chi connectivity index (χ0) is 22.7. The van der Waals surface area contributed by atoms with Gasteiger partial charge in [-0.15, -0.1) is 11.3 Å². The number of thiophene rings is 1. The van der Waals surface area contributed by atoms with Gasteiger partial charge in [-0.25, -0.2) is 4.98 Å². The molecule has 2 heterocycles. The number of hydrogen-bond acceptors (Lipinski definition) is 5. The van der Waals surface area contributed by atoms with Crippen LogP contribution in [0.25, 0.3) is 20.7 Å². The van der Waals surface area contributed by atoms with Crippen LogP contribution in [0, 0.1) is 5.92 Å². The van der Waals surface area contributed by atoms with Gasteiger partial charge in [0.2, 0.25) is 5.91 Å². The maximum Gasteiger partial charge on any atom is 0.271 e. The molecule has 0 radical (unpaired) electrons. The normalized spacial score (nSPS) is 12.1. The van der Waals surface area contributed by atoms with Gasteiger partial charge in [-0.3, -0.25) is 14.2 Å². The Bertz CT molecular complexity index is 1280. The third-order valence-corrected chi connectivity index (χ3v) is 6.50. The van der Waals surface area contributed by atoms with Gasteiger partial charge in [0, 0.05) is 4.88 Å². The summed E-state index contributed by atoms with van der Waals surface area (Å²) in [5.41, 5.74) is 2.45. The Labute approximate surface area is 190 Å². The molecule has 0 unspecified atom stereocenters. The van der Waals surface area contributed by atoms with Crippen LogP contribution in [0.4, 0.5) is 0 Å². The van der Waals surface area contributed by atoms with Gasteiger partial charge in [0.05, 0.1) is 25.0 Å². The third-order valence-electron chi connectivity index (χ3n) is 5.33. The Kier molecular flexibility index (Phi) is 6.37. The van der Waals surface area contributed by atoms with E-state index in [1.165, 1.54) is 22.2 Å². The number of aromatic nitrogens is 2. The lowest BCUT2D eigenvalue weighted by atomic mass is 9.96. The summed E-state index contributed by atoms with van der Waals surface area (Å²) in [6, 6.07) is 19.3. The molecule has 4 rings (SSSR count). The van der Waals surface area contributed by atoms with Crippen molar-refractivity contribution in [2.45, 2.75) is 26.4 Å². The summed E-state index contributed by atoms with van der Waals surface area (Å²) in [4.78, 5) is 31.2. The highest BCUT2D eigenvalue weighted by Crippen LogP contribution is 2.31. The zero-order valence-electron chi connectivity index (χ0n) is 18.2. The Balaban J connectivity index is 1.56. The molecule has 1 atom stereocenters. The molecular formula is C25H25N3O3S. The molecule has 6 nitrogen and oxygen atoms in total. The molecule has 32 heavy (non-hydrogen) atoms. The number of hydrogen-bond donors (Lipinski definition) is 1. The summed E-state index contributed by atoms with van der Waals surface area (Å²) < 4.78 is 7.11. The Morgan fingerprint density at radius 3 is 2.50 bits per heavy atom. The standard InChI is InChI=1S/C25H25N3O3S/c1-16(2)23(18-7-5-4-6-8-18)27-22(29)14-28-15-26-20-13-21(32-24(20)25(28)30)17-9-11-19(31-3)12-10-17/h4-13,15-16,23H,14H2,1-3H3,(H,27,29)/t23-/m0/s1. The Morgan fingerprint density at radius 1 is 1.12 bits per heavy atom. The van der Waals surface area contributed by atoms with E-state index in [1.807, 2.05) is 60.7 Å². The monoisotopic (exact) mass is 447 g/mol. The molecule has 164 valence electrons. The van der Waals surface area contributed by atoms with Crippen molar-refractivity contribution >= 4 is 27.5 Å². The minimum Gasteiger partial charge on any atom is -0.497 e. The number of carbonyl (C=O) groups is 1. The number of methoxy groups -OCH3 is 1. The molecule has 1 N–H and O–H groups in total. The van der Waals surface area contributed by atoms with Crippen molar-refractivity contribution in [1.29, 1.82) is 0 Å². The first-order valence-electron chi connectivity index (χ1n) is 10.4. The lowest BCUT2D eigenvalue weighted by Gasteiger charge is -2.23. The quantitative estimate of drug-likeness (QED) is 0.448. The number of nitrogens with one attached hydrogen (secondary N) is 1. The first-order valence-corrected chi connectivity index (χ1v) is 11.3. The van der Waals surface area contributed by atoms with E-state index in [9.17, 15) is 9.59 Å². The van der Waals surface area contributed by atoms with Crippen LogP contribution in [0.15, 0.2) is 71.8 Å². The smallest absolute Gasteiger partial charge is 0.271 e. The lowest BCUT2D eigenvalue weighted by Crippen LogP contribution is -2.36. The van der Waals surface area contributed by atoms with Gasteiger partial charge in [-0.2, -0.15) is 0 Å². The van der Waals surface area contributed by atoms with Crippen LogP contribution < -0.4 is 15.6 Å². The fourth-order valence-corrected chi connectivity index (χ4v) is 4.69. The minimum atomic E-state index is -0.220. The summed E-state index contributed by atoms with van der Waals surface area (Å²) in [5, 5.41) is 3.06. The molecule has 0 saturated heterocycles. The van der Waals surface area contributed by atoms with Crippen molar-refractivity contribution in [3.05, 3.63) is 82.9 Å². The van der Waals surface area contributed by atoms with Gasteiger partial charge in [-0.1, -0.05) is 44.2 Å². The van der Waals surface area contributed by atoms with E-state index in [2.05, 4.69) is 24.1 Å². The average Bonchev–Trinajstić information content (AvgIpc) is 3.25. The highest BCUT2D eigenvalue weighted by atomic mass is 32.1. The maximum atomic E-state index is 13.0. The fourth-order valence-electron chi connectivity index (χ4n) is 3.62. The van der Waals surface area contributed by atoms with E-state index in [0.717, 1.165) is 21.8 Å². The number of ether oxygens (including phenoxy) is 1. The molecule has 1 amide bonds. The number of benzene rings is 2. The van der Waals surface area contributed by atoms with Gasteiger partial charge >= 0.3 is 0 Å². The van der Waals surface area contributed by atoms with Crippen LogP contribution in [0.5, 0.6) is 5.75 Å². The molecule has 0 saturated carbocycles. The molecule has 2 aromatic heterocycles. The largest absolute Gasteiger partial charge is 0.497 e. The molecule has 0 aliphatic rings. The fraction of sp³-hybridized carbons (Fsp3) is 0.240. The predicted octanol–water partition coefficient (Wildman–Crippen LogP) is 4.65. The van der Waals surface area contributed by atoms with Crippen molar-refractivity contribution in [3.8, 4) is 16.2 Å². The van der Waals surface area contributed by atoms with Crippen LogP contribution in [0.3, 0.4) is 0 Å². The molecule has 0 bridgehead atoms. The molecule has 0 fully saturated rings. The van der Waals surface area contributed by atoms with Gasteiger partial charge in [-0.05, 0) is 47.4 Å². The molecule has 0 aliphatic carbocycles. The second kappa shape index (κ2) is 9.36. The molecule has 7 heteroatoms. The number of carbonyl (C=O) groups excluding carboxylic acids is 1. The minimum absolute atomic E-state index is 0.0758. The van der Waals surface area contributed by atoms with Crippen molar-refractivity contribution in [3.63, 3.8) is 0 Å². The highest BCUT2D eigenvalue weighted by molar-refractivity contribution is 7.22. The van der Waals surface area contributed by atoms with E-state index >= 15 is 0 Å². The van der Waals surface area contributed by atoms with Gasteiger partial charge in [0.15, 0.2) is 0 Å². The molecule has 0 spiro atoms. The Morgan fingerprint density at radius 2 is 1.84 bits per heavy atom. The zero-order valence-corrected chi connectivity index (χ0v) is 19.1. The van der Waals surface area contributed by atoms with E-state index in [1.54, 1.807) is 7.11 Å². The number of fused-ring (bicyclic) bond motifs is 1. The summed E-state index contributed by atoms with van der Waals surface area (Å²) in [5.74, 6) is 0.766. The summed E-state index contributed by atoms with van der Waals surface area (Å²) >= 11 is 1.38. The van der Waals surface area contributed by atoms with Crippen LogP contribution in [0.2, 0.25) is 0 Å². The maximum absolute atomic E-state index is 13.0. The lowest BCUT2D eigenvalue weighted by molar-refractivity contribution is -0.122. The molecule has 2 aromatic carbocycles. The summed E-state index contributed by atoms with van der Waals surface area (Å²) in [7, 11) is 1.63.